The summed E-state index contributed by atoms with van der Waals surface area (Å²) in [4.78, 5) is 13.9. The van der Waals surface area contributed by atoms with Crippen molar-refractivity contribution in [3.63, 3.8) is 0 Å². The highest BCUT2D eigenvalue weighted by Gasteiger charge is 2.52. The highest BCUT2D eigenvalue weighted by molar-refractivity contribution is 6.99. The zero-order valence-corrected chi connectivity index (χ0v) is 39.0. The maximum absolute atomic E-state index is 13.9. The second-order valence-electron chi connectivity index (χ2n) is 19.6. The molecule has 2 aromatic rings. The molecule has 1 heterocycles. The van der Waals surface area contributed by atoms with Crippen molar-refractivity contribution >= 4 is 33.0 Å². The van der Waals surface area contributed by atoms with E-state index >= 15 is 0 Å². The molecule has 1 fully saturated rings. The van der Waals surface area contributed by atoms with Gasteiger partial charge in [-0.2, -0.15) is 0 Å². The summed E-state index contributed by atoms with van der Waals surface area (Å²) in [5.74, 6) is -1.46. The Morgan fingerprint density at radius 1 is 0.852 bits per heavy atom. The van der Waals surface area contributed by atoms with Gasteiger partial charge in [0, 0.05) is 25.6 Å². The first-order valence-electron chi connectivity index (χ1n) is 19.9. The van der Waals surface area contributed by atoms with Gasteiger partial charge < -0.3 is 27.8 Å². The summed E-state index contributed by atoms with van der Waals surface area (Å²) < 4.78 is 39.8. The van der Waals surface area contributed by atoms with Crippen LogP contribution in [0.5, 0.6) is 0 Å². The van der Waals surface area contributed by atoms with Gasteiger partial charge in [0.15, 0.2) is 20.2 Å². The summed E-state index contributed by atoms with van der Waals surface area (Å²) in [6.45, 7) is 36.5. The van der Waals surface area contributed by atoms with Crippen molar-refractivity contribution in [2.75, 3.05) is 13.7 Å². The lowest BCUT2D eigenvalue weighted by atomic mass is 9.80. The van der Waals surface area contributed by atoms with E-state index in [2.05, 4.69) is 149 Å². The predicted molar refractivity (Wildman–Crippen MR) is 227 cm³/mol. The fraction of sp³-hybridized carbons (Fsp3) is 0.667. The molecule has 9 heteroatoms. The second kappa shape index (κ2) is 17.6. The molecule has 0 spiro atoms. The van der Waals surface area contributed by atoms with E-state index in [-0.39, 0.29) is 40.0 Å². The second-order valence-corrected chi connectivity index (χ2v) is 28.7. The van der Waals surface area contributed by atoms with E-state index in [9.17, 15) is 4.79 Å². The SMILES string of the molecule is CO[C@@H]([C@H](C)[C@H]1OC(C)(C)O[C@@H](/C(C)=C/[C@H](C)CO[Si](c2ccccc2)(c2ccccc2)C(C)(C)C)[C@H]1C)[C@@H](O[Si](C)(C)C(C)(C)C)C(=O)OC(C)(C)C. The van der Waals surface area contributed by atoms with Crippen molar-refractivity contribution in [3.8, 4) is 0 Å². The van der Waals surface area contributed by atoms with Crippen LogP contribution in [-0.2, 0) is 32.6 Å². The van der Waals surface area contributed by atoms with Crippen molar-refractivity contribution in [2.24, 2.45) is 17.8 Å². The molecule has 304 valence electrons. The van der Waals surface area contributed by atoms with Gasteiger partial charge in [-0.15, -0.1) is 0 Å². The summed E-state index contributed by atoms with van der Waals surface area (Å²) in [6.07, 6.45) is 0.249. The van der Waals surface area contributed by atoms with Crippen LogP contribution in [0.3, 0.4) is 0 Å². The number of esters is 1. The first-order chi connectivity index (χ1) is 24.7. The Bertz CT molecular complexity index is 1480. The molecular formula is C45H74O7Si2. The molecule has 0 radical (unpaired) electrons. The molecule has 1 aliphatic rings. The standard InChI is InChI=1S/C45H74O7Si2/c1-31(30-48-54(44(11,12)13,35-25-21-19-22-26-35)36-27-23-20-24-28-36)29-32(2)37-33(3)38(50-45(14,15)49-37)34(4)39(47-16)40(41(46)51-42(5,6)7)52-53(17,18)43(8,9)10/h19-29,31,33-34,37-40H,30H2,1-18H3/b32-29+/t31-,33+,34+,37-,38-,39-,40+/m0/s1. The van der Waals surface area contributed by atoms with E-state index in [0.717, 1.165) is 5.57 Å². The van der Waals surface area contributed by atoms with E-state index in [4.69, 9.17) is 27.8 Å². The lowest BCUT2D eigenvalue weighted by molar-refractivity contribution is -0.324. The van der Waals surface area contributed by atoms with Crippen LogP contribution in [0.4, 0.5) is 0 Å². The third-order valence-corrected chi connectivity index (χ3v) is 20.7. The number of hydrogen-bond acceptors (Lipinski definition) is 7. The largest absolute Gasteiger partial charge is 0.458 e. The van der Waals surface area contributed by atoms with Gasteiger partial charge in [-0.3, -0.25) is 0 Å². The number of benzene rings is 2. The van der Waals surface area contributed by atoms with Crippen LogP contribution in [0.15, 0.2) is 72.3 Å². The van der Waals surface area contributed by atoms with Crippen LogP contribution in [0.25, 0.3) is 0 Å². The number of hydrogen-bond donors (Lipinski definition) is 0. The van der Waals surface area contributed by atoms with Crippen molar-refractivity contribution in [1.82, 2.24) is 0 Å². The van der Waals surface area contributed by atoms with Gasteiger partial charge in [0.05, 0.1) is 18.3 Å². The molecule has 3 rings (SSSR count). The third kappa shape index (κ3) is 11.0. The maximum atomic E-state index is 13.9. The fourth-order valence-corrected chi connectivity index (χ4v) is 13.5. The Labute approximate surface area is 331 Å². The lowest BCUT2D eigenvalue weighted by Gasteiger charge is -2.49. The van der Waals surface area contributed by atoms with Gasteiger partial charge in [-0.25, -0.2) is 4.79 Å². The Balaban J connectivity index is 1.95. The van der Waals surface area contributed by atoms with Gasteiger partial charge in [-0.1, -0.05) is 129 Å². The van der Waals surface area contributed by atoms with E-state index in [0.29, 0.717) is 6.61 Å². The first-order valence-corrected chi connectivity index (χ1v) is 24.7. The molecule has 0 unspecified atom stereocenters. The van der Waals surface area contributed by atoms with Crippen LogP contribution in [0.2, 0.25) is 23.2 Å². The van der Waals surface area contributed by atoms with E-state index in [1.54, 1.807) is 7.11 Å². The quantitative estimate of drug-likeness (QED) is 0.107. The first kappa shape index (κ1) is 46.3. The zero-order chi connectivity index (χ0) is 41.1. The molecule has 7 atom stereocenters. The molecular weight excluding hydrogens is 709 g/mol. The molecule has 0 bridgehead atoms. The van der Waals surface area contributed by atoms with Gasteiger partial charge in [0.1, 0.15) is 5.60 Å². The molecule has 0 aromatic heterocycles. The maximum Gasteiger partial charge on any atom is 0.337 e. The highest BCUT2D eigenvalue weighted by Crippen LogP contribution is 2.43. The monoisotopic (exact) mass is 782 g/mol. The molecule has 7 nitrogen and oxygen atoms in total. The van der Waals surface area contributed by atoms with E-state index < -0.39 is 46.2 Å². The Hall–Kier alpha value is -2.12. The number of carbonyl (C=O) groups excluding carboxylic acids is 1. The summed E-state index contributed by atoms with van der Waals surface area (Å²) in [6, 6.07) is 21.6. The van der Waals surface area contributed by atoms with Crippen molar-refractivity contribution in [2.45, 2.75) is 163 Å². The average Bonchev–Trinajstić information content (AvgIpc) is 3.04. The molecule has 0 N–H and O–H groups in total. The average molecular weight is 783 g/mol. The summed E-state index contributed by atoms with van der Waals surface area (Å²) in [5, 5.41) is 2.31. The minimum Gasteiger partial charge on any atom is -0.458 e. The van der Waals surface area contributed by atoms with Crippen molar-refractivity contribution in [3.05, 3.63) is 72.3 Å². The number of carbonyl (C=O) groups is 1. The van der Waals surface area contributed by atoms with Gasteiger partial charge in [0.2, 0.25) is 0 Å². The normalized spacial score (nSPS) is 22.6. The van der Waals surface area contributed by atoms with Gasteiger partial charge in [-0.05, 0) is 86.6 Å². The molecule has 0 saturated carbocycles. The minimum atomic E-state index is -2.69. The molecule has 0 aliphatic carbocycles. The Morgan fingerprint density at radius 3 is 1.78 bits per heavy atom. The summed E-state index contributed by atoms with van der Waals surface area (Å²) in [5.41, 5.74) is 0.452. The number of rotatable bonds is 14. The molecule has 54 heavy (non-hydrogen) atoms. The predicted octanol–water partition coefficient (Wildman–Crippen LogP) is 9.68. The Morgan fingerprint density at radius 2 is 1.35 bits per heavy atom. The van der Waals surface area contributed by atoms with Gasteiger partial charge in [0.25, 0.3) is 8.32 Å². The van der Waals surface area contributed by atoms with Crippen LogP contribution < -0.4 is 10.4 Å². The highest BCUT2D eigenvalue weighted by atomic mass is 28.4. The van der Waals surface area contributed by atoms with Crippen molar-refractivity contribution in [1.29, 1.82) is 0 Å². The molecule has 2 aromatic carbocycles. The smallest absolute Gasteiger partial charge is 0.337 e. The third-order valence-electron chi connectivity index (χ3n) is 11.3. The van der Waals surface area contributed by atoms with Crippen LogP contribution in [0, 0.1) is 17.8 Å². The fourth-order valence-electron chi connectivity index (χ4n) is 7.66. The van der Waals surface area contributed by atoms with E-state index in [1.165, 1.54) is 10.4 Å². The topological polar surface area (TPSA) is 72.5 Å². The lowest BCUT2D eigenvalue weighted by Crippen LogP contribution is -2.66. The number of methoxy groups -OCH3 is 1. The van der Waals surface area contributed by atoms with E-state index in [1.807, 2.05) is 34.6 Å². The minimum absolute atomic E-state index is 0.0566. The Kier molecular flexibility index (Phi) is 15.1. The molecule has 1 aliphatic heterocycles. The zero-order valence-electron chi connectivity index (χ0n) is 37.0. The van der Waals surface area contributed by atoms with Crippen molar-refractivity contribution < 1.29 is 32.6 Å². The van der Waals surface area contributed by atoms with Crippen LogP contribution in [-0.4, -0.2) is 72.1 Å². The van der Waals surface area contributed by atoms with Gasteiger partial charge >= 0.3 is 5.97 Å². The van der Waals surface area contributed by atoms with Crippen LogP contribution >= 0.6 is 0 Å². The summed E-state index contributed by atoms with van der Waals surface area (Å²) in [7, 11) is -3.45. The van der Waals surface area contributed by atoms with Crippen LogP contribution in [0.1, 0.15) is 104 Å². The molecule has 1 saturated heterocycles. The molecule has 0 amide bonds. The summed E-state index contributed by atoms with van der Waals surface area (Å²) >= 11 is 0. The number of ether oxygens (including phenoxy) is 4.